The molecular weight excluding hydrogens is 436 g/mol. The molecule has 170 valence electrons. The van der Waals surface area contributed by atoms with Crippen LogP contribution in [0.1, 0.15) is 27.9 Å². The number of ether oxygens (including phenoxy) is 2. The van der Waals surface area contributed by atoms with Crippen molar-refractivity contribution in [2.45, 2.75) is 27.4 Å². The molecule has 2 heterocycles. The van der Waals surface area contributed by atoms with E-state index < -0.39 is 0 Å². The van der Waals surface area contributed by atoms with Crippen molar-refractivity contribution in [1.29, 1.82) is 0 Å². The number of methoxy groups -OCH3 is 1. The quantitative estimate of drug-likeness (QED) is 0.438. The molecule has 0 aliphatic carbocycles. The topological polar surface area (TPSA) is 68.6 Å². The number of hydrogen-bond acceptors (Lipinski definition) is 5. The maximum atomic E-state index is 13.1. The number of nitrogens with one attached hydrogen (secondary N) is 1. The first-order valence-electron chi connectivity index (χ1n) is 10.5. The van der Waals surface area contributed by atoms with Crippen LogP contribution in [-0.4, -0.2) is 27.9 Å². The van der Waals surface area contributed by atoms with E-state index in [0.717, 1.165) is 33.9 Å². The molecule has 0 radical (unpaired) electrons. The number of thiocarbonyl (C=S) groups is 1. The monoisotopic (exact) mass is 462 g/mol. The first-order valence-corrected chi connectivity index (χ1v) is 10.9. The molecule has 1 fully saturated rings. The number of benzene rings is 2. The van der Waals surface area contributed by atoms with Crippen molar-refractivity contribution in [3.63, 3.8) is 0 Å². The minimum atomic E-state index is -0.222. The van der Waals surface area contributed by atoms with Crippen LogP contribution in [0.3, 0.4) is 0 Å². The van der Waals surface area contributed by atoms with Crippen molar-refractivity contribution in [1.82, 2.24) is 15.1 Å². The van der Waals surface area contributed by atoms with Crippen LogP contribution in [0, 0.1) is 20.8 Å². The average molecular weight is 463 g/mol. The number of nitrogens with zero attached hydrogens (tertiary/aromatic N) is 3. The van der Waals surface area contributed by atoms with E-state index >= 15 is 0 Å². The molecule has 1 amide bonds. The van der Waals surface area contributed by atoms with Crippen molar-refractivity contribution >= 4 is 35.0 Å². The highest BCUT2D eigenvalue weighted by molar-refractivity contribution is 7.80. The van der Waals surface area contributed by atoms with Crippen LogP contribution >= 0.6 is 12.2 Å². The van der Waals surface area contributed by atoms with E-state index in [1.165, 1.54) is 10.5 Å². The van der Waals surface area contributed by atoms with E-state index in [1.807, 2.05) is 51.2 Å². The third kappa shape index (κ3) is 4.47. The lowest BCUT2D eigenvalue weighted by atomic mass is 10.1. The van der Waals surface area contributed by atoms with Crippen LogP contribution in [0.15, 0.2) is 48.3 Å². The zero-order valence-electron chi connectivity index (χ0n) is 19.3. The Morgan fingerprint density at radius 1 is 1.15 bits per heavy atom. The van der Waals surface area contributed by atoms with Crippen molar-refractivity contribution < 1.29 is 14.3 Å². The Balaban J connectivity index is 1.59. The Labute approximate surface area is 198 Å². The van der Waals surface area contributed by atoms with E-state index in [1.54, 1.807) is 24.1 Å². The largest absolute Gasteiger partial charge is 0.496 e. The smallest absolute Gasteiger partial charge is 0.281 e. The zero-order valence-corrected chi connectivity index (χ0v) is 20.1. The summed E-state index contributed by atoms with van der Waals surface area (Å²) in [6.07, 6.45) is 3.56. The van der Waals surface area contributed by atoms with Gasteiger partial charge in [-0.25, -0.2) is 4.90 Å². The van der Waals surface area contributed by atoms with Gasteiger partial charge in [-0.1, -0.05) is 18.2 Å². The Kier molecular flexibility index (Phi) is 6.20. The number of carbonyl (C=O) groups is 1. The predicted octanol–water partition coefficient (Wildman–Crippen LogP) is 4.20. The van der Waals surface area contributed by atoms with Gasteiger partial charge in [0.15, 0.2) is 5.11 Å². The van der Waals surface area contributed by atoms with E-state index in [9.17, 15) is 4.79 Å². The molecular formula is C25H26N4O3S. The van der Waals surface area contributed by atoms with Gasteiger partial charge in [-0.3, -0.25) is 9.48 Å². The first kappa shape index (κ1) is 22.5. The summed E-state index contributed by atoms with van der Waals surface area (Å²) < 4.78 is 13.3. The average Bonchev–Trinajstić information content (AvgIpc) is 3.25. The number of amides is 1. The van der Waals surface area contributed by atoms with Gasteiger partial charge < -0.3 is 14.8 Å². The Morgan fingerprint density at radius 2 is 1.94 bits per heavy atom. The number of anilines is 1. The van der Waals surface area contributed by atoms with E-state index in [4.69, 9.17) is 21.7 Å². The summed E-state index contributed by atoms with van der Waals surface area (Å²) in [7, 11) is 3.44. The summed E-state index contributed by atoms with van der Waals surface area (Å²) in [5.41, 5.74) is 5.78. The van der Waals surface area contributed by atoms with Crippen LogP contribution in [-0.2, 0) is 18.4 Å². The van der Waals surface area contributed by atoms with E-state index in [2.05, 4.69) is 23.4 Å². The van der Waals surface area contributed by atoms with E-state index in [-0.39, 0.29) is 5.91 Å². The van der Waals surface area contributed by atoms with Crippen LogP contribution < -0.4 is 19.7 Å². The molecule has 1 aromatic heterocycles. The lowest BCUT2D eigenvalue weighted by Crippen LogP contribution is -2.30. The summed E-state index contributed by atoms with van der Waals surface area (Å²) in [5, 5.41) is 7.66. The van der Waals surface area contributed by atoms with Crippen LogP contribution in [0.5, 0.6) is 11.5 Å². The van der Waals surface area contributed by atoms with Gasteiger partial charge in [-0.15, -0.1) is 0 Å². The second-order valence-corrected chi connectivity index (χ2v) is 8.35. The standard InChI is InChI=1S/C25H26N4O3S/c1-15-7-6-8-22(16(15)2)32-14-19-11-18(9-10-23(19)31-5)12-20-24(30)29(25(33)26-20)21-13-28(4)27-17(21)3/h6-13H,14H2,1-5H3,(H,26,33)/b20-12+. The van der Waals surface area contributed by atoms with Crippen molar-refractivity contribution in [2.75, 3.05) is 12.0 Å². The van der Waals surface area contributed by atoms with E-state index in [0.29, 0.717) is 23.1 Å². The van der Waals surface area contributed by atoms with Gasteiger partial charge in [0.05, 0.1) is 18.5 Å². The van der Waals surface area contributed by atoms with Crippen molar-refractivity contribution in [3.8, 4) is 11.5 Å². The SMILES string of the molecule is COc1ccc(/C=C2/NC(=S)N(c3cn(C)nc3C)C2=O)cc1COc1cccc(C)c1C. The number of aromatic nitrogens is 2. The fourth-order valence-electron chi connectivity index (χ4n) is 3.76. The molecule has 0 saturated carbocycles. The second kappa shape index (κ2) is 9.07. The zero-order chi connectivity index (χ0) is 23.7. The highest BCUT2D eigenvalue weighted by Crippen LogP contribution is 2.28. The number of hydrogen-bond donors (Lipinski definition) is 1. The lowest BCUT2D eigenvalue weighted by molar-refractivity contribution is -0.113. The molecule has 1 saturated heterocycles. The molecule has 1 aliphatic heterocycles. The summed E-state index contributed by atoms with van der Waals surface area (Å²) in [6.45, 7) is 6.28. The molecule has 0 atom stereocenters. The van der Waals surface area contributed by atoms with Crippen LogP contribution in [0.2, 0.25) is 0 Å². The molecule has 0 unspecified atom stereocenters. The van der Waals surface area contributed by atoms with Crippen molar-refractivity contribution in [2.24, 2.45) is 7.05 Å². The number of rotatable bonds is 6. The number of carbonyl (C=O) groups excluding carboxylic acids is 1. The Hall–Kier alpha value is -3.65. The minimum Gasteiger partial charge on any atom is -0.496 e. The van der Waals surface area contributed by atoms with Crippen molar-refractivity contribution in [3.05, 3.63) is 76.2 Å². The summed E-state index contributed by atoms with van der Waals surface area (Å²) >= 11 is 5.42. The van der Waals surface area contributed by atoms with Crippen LogP contribution in [0.4, 0.5) is 5.69 Å². The molecule has 7 nitrogen and oxygen atoms in total. The molecule has 3 aromatic rings. The maximum Gasteiger partial charge on any atom is 0.281 e. The predicted molar refractivity (Wildman–Crippen MR) is 132 cm³/mol. The minimum absolute atomic E-state index is 0.222. The lowest BCUT2D eigenvalue weighted by Gasteiger charge is -2.14. The van der Waals surface area contributed by atoms with Gasteiger partial charge in [-0.05, 0) is 74.0 Å². The molecule has 4 rings (SSSR count). The maximum absolute atomic E-state index is 13.1. The Bertz CT molecular complexity index is 1280. The summed E-state index contributed by atoms with van der Waals surface area (Å²) in [6, 6.07) is 11.7. The normalized spacial score (nSPS) is 14.7. The molecule has 33 heavy (non-hydrogen) atoms. The third-order valence-electron chi connectivity index (χ3n) is 5.66. The molecule has 1 N–H and O–H groups in total. The second-order valence-electron chi connectivity index (χ2n) is 7.96. The van der Waals surface area contributed by atoms with Gasteiger partial charge in [0, 0.05) is 18.8 Å². The molecule has 1 aliphatic rings. The highest BCUT2D eigenvalue weighted by atomic mass is 32.1. The molecule has 8 heteroatoms. The summed E-state index contributed by atoms with van der Waals surface area (Å²) in [4.78, 5) is 14.6. The van der Waals surface area contributed by atoms with Gasteiger partial charge in [0.25, 0.3) is 5.91 Å². The molecule has 2 aromatic carbocycles. The first-order chi connectivity index (χ1) is 15.8. The summed E-state index contributed by atoms with van der Waals surface area (Å²) in [5.74, 6) is 1.33. The van der Waals surface area contributed by atoms with Gasteiger partial charge >= 0.3 is 0 Å². The Morgan fingerprint density at radius 3 is 2.64 bits per heavy atom. The third-order valence-corrected chi connectivity index (χ3v) is 5.94. The number of aryl methyl sites for hydroxylation is 3. The molecule has 0 bridgehead atoms. The fraction of sp³-hybridized carbons (Fsp3) is 0.240. The fourth-order valence-corrected chi connectivity index (χ4v) is 4.06. The van der Waals surface area contributed by atoms with Gasteiger partial charge in [0.2, 0.25) is 0 Å². The highest BCUT2D eigenvalue weighted by Gasteiger charge is 2.33. The molecule has 0 spiro atoms. The van der Waals surface area contributed by atoms with Gasteiger partial charge in [-0.2, -0.15) is 5.10 Å². The van der Waals surface area contributed by atoms with Gasteiger partial charge in [0.1, 0.15) is 23.8 Å². The van der Waals surface area contributed by atoms with Crippen LogP contribution in [0.25, 0.3) is 6.08 Å².